The Morgan fingerprint density at radius 2 is 0.872 bits per heavy atom. The molecule has 0 radical (unpaired) electrons. The Kier molecular flexibility index (Phi) is 51.5. The number of hydrogen-bond acceptors (Lipinski definition) is 26. The molecule has 780 valence electrons. The molecule has 3 aromatic rings. The number of nitro groups is 1. The lowest BCUT2D eigenvalue weighted by Gasteiger charge is -2.33. The van der Waals surface area contributed by atoms with Gasteiger partial charge < -0.3 is 95.1 Å². The van der Waals surface area contributed by atoms with Gasteiger partial charge in [-0.3, -0.25) is 58.1 Å². The zero-order valence-electron chi connectivity index (χ0n) is 86.3. The molecule has 11 amide bonds. The van der Waals surface area contributed by atoms with Crippen molar-refractivity contribution >= 4 is 101 Å². The third-order valence-electron chi connectivity index (χ3n) is 25.0. The van der Waals surface area contributed by atoms with Gasteiger partial charge in [0.25, 0.3) is 17.5 Å². The van der Waals surface area contributed by atoms with E-state index in [2.05, 4.69) is 37.2 Å². The second kappa shape index (κ2) is 60.3. The Hall–Kier alpha value is -12.9. The van der Waals surface area contributed by atoms with Gasteiger partial charge in [-0.2, -0.15) is 0 Å². The van der Waals surface area contributed by atoms with Crippen molar-refractivity contribution in [1.82, 2.24) is 56.8 Å². The summed E-state index contributed by atoms with van der Waals surface area (Å²) in [5.41, 5.74) is 2.41. The lowest BCUT2D eigenvalue weighted by Crippen LogP contribution is -2.57. The molecule has 0 aliphatic carbocycles. The number of alkyl carbamates (subject to hydrolysis) is 1. The van der Waals surface area contributed by atoms with E-state index in [1.54, 1.807) is 122 Å². The number of aliphatic hydroxyl groups is 1. The first-order valence-corrected chi connectivity index (χ1v) is 48.5. The van der Waals surface area contributed by atoms with E-state index in [1.807, 2.05) is 47.6 Å². The number of allylic oxidation sites excluding steroid dienone is 2. The van der Waals surface area contributed by atoms with Crippen molar-refractivity contribution in [1.29, 1.82) is 0 Å². The fraction of sp³-hybridized carbons (Fsp3) is 0.592. The first-order valence-electron chi connectivity index (χ1n) is 48.5. The number of nitro benzene ring substituents is 1. The Morgan fingerprint density at radius 1 is 0.504 bits per heavy atom. The van der Waals surface area contributed by atoms with Crippen LogP contribution in [0, 0.1) is 45.6 Å². The lowest BCUT2D eigenvalue weighted by atomic mass is 9.90. The number of nitrogens with zero attached hydrogens (tertiary/aromatic N) is 5. The van der Waals surface area contributed by atoms with E-state index in [9.17, 15) is 86.8 Å². The molecule has 8 N–H and O–H groups in total. The molecule has 5 rings (SSSR count). The molecule has 0 bridgehead atoms. The molecule has 0 spiro atoms. The molecule has 18 atom stereocenters. The van der Waals surface area contributed by atoms with E-state index >= 15 is 0 Å². The van der Waals surface area contributed by atoms with Crippen LogP contribution in [-0.4, -0.2) is 264 Å². The predicted octanol–water partition coefficient (Wildman–Crippen LogP) is 10.3. The van der Waals surface area contributed by atoms with Gasteiger partial charge in [0.2, 0.25) is 47.3 Å². The first-order chi connectivity index (χ1) is 66.4. The minimum Gasteiger partial charge on any atom is -0.456 e. The summed E-state index contributed by atoms with van der Waals surface area (Å²) in [5.74, 6) is -12.9. The van der Waals surface area contributed by atoms with Gasteiger partial charge in [0.05, 0.1) is 18.0 Å². The second-order valence-corrected chi connectivity index (χ2v) is 37.4. The number of carbonyl (C=O) groups is 16. The smallest absolute Gasteiger partial charge is 0.456 e. The standard InChI is InChI=1S/C52H82N6O12.C51H70N6O14/c1-13-33(5)44-47(62)55-38(10)51(66)70-45(34(6)14-2)36(8)41(69-52(67)53-27-21-16-15-17-22-28-59)26-25-35(7)50(65)68-42(29-32(3)4)46(61)54-37(9)48(63)58(12)40(30-39-23-19-18-20-24-39)49(64)57(11)31-43(60)56-44;1-13-30(5)43-46(60)53-35(10)50(64)71-44(31(6)14-2)33(8)40(70-51(65)68-38-23-21-37(22-24-38)57(66)67)25-20-32(7)49(63)69-41(26-29(3)4)45(59)52-34(9)47(61)56(12)39(27-36-18-16-15-17-19-36)48(62)55(11)28-42(58)54-43/h14,18-20,23-25,32-33,36-38,40-42,44-45,59H,13,15-17,21-22,26-31H2,1-12H3,(H,53,67)(H,54,61)(H,55,62)(H,56,60);14-24,29-30,33-35,39-41,43-44H,13,25-28H2,1-12H3,(H,52,59)(H,53,60)(H,54,58)/b34-14+,35-25+;31-14+,32-20+/t33?,36-,37-,38+,40+,41-,42+,44-,45+;30?,33-,34-,35+,39+,40-,41+,43-,44+/m00/s1. The molecular weight excluding hydrogens is 1820 g/mol. The molecule has 2 heterocycles. The van der Waals surface area contributed by atoms with Crippen LogP contribution in [-0.2, 0) is 108 Å². The number of unbranched alkanes of at least 4 members (excludes halogenated alkanes) is 4. The molecular formula is C103H152N12O26. The molecule has 2 aliphatic heterocycles. The number of likely N-dealkylation sites (N-methyl/N-ethyl adjacent to an activating group) is 4. The van der Waals surface area contributed by atoms with E-state index in [0.29, 0.717) is 48.9 Å². The summed E-state index contributed by atoms with van der Waals surface area (Å²) < 4.78 is 40.8. The molecule has 3 aromatic carbocycles. The quantitative estimate of drug-likeness (QED) is 0.00743. The van der Waals surface area contributed by atoms with Crippen LogP contribution in [0.3, 0.4) is 0 Å². The van der Waals surface area contributed by atoms with Gasteiger partial charge in [-0.15, -0.1) is 0 Å². The zero-order valence-corrected chi connectivity index (χ0v) is 86.3. The molecule has 2 aliphatic rings. The fourth-order valence-electron chi connectivity index (χ4n) is 15.4. The Morgan fingerprint density at radius 3 is 1.23 bits per heavy atom. The van der Waals surface area contributed by atoms with E-state index in [1.165, 1.54) is 104 Å². The maximum Gasteiger partial charge on any atom is 0.514 e. The predicted molar refractivity (Wildman–Crippen MR) is 527 cm³/mol. The lowest BCUT2D eigenvalue weighted by molar-refractivity contribution is -0.384. The van der Waals surface area contributed by atoms with Gasteiger partial charge in [0.1, 0.15) is 78.5 Å². The highest BCUT2D eigenvalue weighted by Crippen LogP contribution is 2.31. The monoisotopic (exact) mass is 1970 g/mol. The van der Waals surface area contributed by atoms with Crippen LogP contribution >= 0.6 is 0 Å². The SMILES string of the molecule is C/C=C(\C)[C@H]1OC(=O)[C@@H](C)NC(=O)[C@H](C(C)CC)NC(=O)CN(C)C(=O)[C@@H](Cc2ccccc2)N(C)C(=O)[C@H](C)NC(=O)[C@@H](CC(C)C)OC(=O)/C(C)=C/C[C@H](OC(=O)NCCCCCCCO)[C@@H]1C.C/C=C(\C)[C@H]1OC(=O)[C@@H](C)NC(=O)[C@H](C(C)CC)NC(=O)CN(C)C(=O)[C@@H](Cc2ccccc2)N(C)C(=O)[C@H](C)NC(=O)[C@@H](CC(C)C)OC(=O)/C(C)=C/C[C@H](OC(=O)Oc2ccc([N+](=O)[O-])cc2)[C@@H]1C. The minimum atomic E-state index is -1.37. The van der Waals surface area contributed by atoms with Crippen LogP contribution in [0.5, 0.6) is 5.75 Å². The third kappa shape index (κ3) is 39.6. The molecule has 2 unspecified atom stereocenters. The van der Waals surface area contributed by atoms with Crippen molar-refractivity contribution in [3.63, 3.8) is 0 Å². The van der Waals surface area contributed by atoms with Gasteiger partial charge in [0.15, 0.2) is 12.2 Å². The van der Waals surface area contributed by atoms with Crippen molar-refractivity contribution in [2.24, 2.45) is 35.5 Å². The van der Waals surface area contributed by atoms with Crippen molar-refractivity contribution < 1.29 is 120 Å². The van der Waals surface area contributed by atoms with E-state index in [-0.39, 0.29) is 79.6 Å². The van der Waals surface area contributed by atoms with Crippen LogP contribution in [0.15, 0.2) is 132 Å². The van der Waals surface area contributed by atoms with E-state index in [4.69, 9.17) is 38.3 Å². The molecule has 0 aromatic heterocycles. The summed E-state index contributed by atoms with van der Waals surface area (Å²) in [6.07, 6.45) is 2.37. The fourth-order valence-corrected chi connectivity index (χ4v) is 15.4. The first kappa shape index (κ1) is 120. The number of hydrogen-bond donors (Lipinski definition) is 8. The Labute approximate surface area is 829 Å². The topological polar surface area (TPSA) is 498 Å². The Bertz CT molecular complexity index is 4830. The second-order valence-electron chi connectivity index (χ2n) is 37.4. The normalized spacial score (nSPS) is 25.8. The molecule has 141 heavy (non-hydrogen) atoms. The van der Waals surface area contributed by atoms with Crippen LogP contribution in [0.1, 0.15) is 220 Å². The van der Waals surface area contributed by atoms with E-state index < -0.39 is 222 Å². The summed E-state index contributed by atoms with van der Waals surface area (Å²) in [6.45, 7) is 32.8. The number of esters is 4. The van der Waals surface area contributed by atoms with Crippen molar-refractivity contribution in [2.75, 3.05) is 54.4 Å². The highest BCUT2D eigenvalue weighted by atomic mass is 16.7. The largest absolute Gasteiger partial charge is 0.514 e. The van der Waals surface area contributed by atoms with Crippen LogP contribution in [0.25, 0.3) is 0 Å². The number of rotatable bonds is 25. The van der Waals surface area contributed by atoms with Crippen LogP contribution < -0.4 is 42.0 Å². The number of cyclic esters (lactones) is 4. The number of carbonyl (C=O) groups excluding carboxylic acids is 16. The highest BCUT2D eigenvalue weighted by molar-refractivity contribution is 5.99. The maximum absolute atomic E-state index is 14.3. The number of benzene rings is 3. The minimum absolute atomic E-state index is 0.00312. The van der Waals surface area contributed by atoms with Crippen LogP contribution in [0.2, 0.25) is 0 Å². The van der Waals surface area contributed by atoms with Crippen molar-refractivity contribution in [3.8, 4) is 5.75 Å². The summed E-state index contributed by atoms with van der Waals surface area (Å²) in [6, 6.07) is 13.1. The highest BCUT2D eigenvalue weighted by Gasteiger charge is 2.42. The summed E-state index contributed by atoms with van der Waals surface area (Å²) in [5, 5.41) is 39.1. The number of nitrogens with one attached hydrogen (secondary N) is 7. The van der Waals surface area contributed by atoms with Crippen molar-refractivity contribution in [2.45, 2.75) is 307 Å². The number of ether oxygens (including phenoxy) is 7. The number of amides is 11. The molecule has 38 nitrogen and oxygen atoms in total. The van der Waals surface area contributed by atoms with Gasteiger partial charge in [0, 0.05) is 102 Å². The molecule has 0 saturated heterocycles. The van der Waals surface area contributed by atoms with Gasteiger partial charge in [-0.05, 0) is 153 Å². The Balaban J connectivity index is 0.000000588. The maximum atomic E-state index is 14.3. The molecule has 38 heteroatoms. The summed E-state index contributed by atoms with van der Waals surface area (Å²) >= 11 is 0. The van der Waals surface area contributed by atoms with Gasteiger partial charge in [-0.1, -0.05) is 186 Å². The molecule has 0 saturated carbocycles. The van der Waals surface area contributed by atoms with E-state index in [0.717, 1.165) is 46.8 Å². The average molecular weight is 1970 g/mol. The van der Waals surface area contributed by atoms with Crippen molar-refractivity contribution in [3.05, 3.63) is 153 Å². The number of aliphatic hydroxyl groups excluding tert-OH is 1. The summed E-state index contributed by atoms with van der Waals surface area (Å²) in [4.78, 5) is 237. The van der Waals surface area contributed by atoms with Gasteiger partial charge in [-0.25, -0.2) is 28.8 Å². The number of non-ortho nitro benzene ring substituents is 1. The average Bonchev–Trinajstić information content (AvgIpc) is 0.831. The van der Waals surface area contributed by atoms with Crippen LogP contribution in [0.4, 0.5) is 15.3 Å². The third-order valence-corrected chi connectivity index (χ3v) is 25.0. The molecule has 0 fully saturated rings. The summed E-state index contributed by atoms with van der Waals surface area (Å²) in [7, 11) is 5.63. The van der Waals surface area contributed by atoms with Gasteiger partial charge >= 0.3 is 36.1 Å². The zero-order chi connectivity index (χ0) is 106.